The minimum absolute atomic E-state index is 0.543. The molecule has 106 valence electrons. The van der Waals surface area contributed by atoms with Gasteiger partial charge in [-0.2, -0.15) is 5.10 Å². The minimum atomic E-state index is 0.543. The highest BCUT2D eigenvalue weighted by atomic mass is 35.5. The lowest BCUT2D eigenvalue weighted by Gasteiger charge is -2.28. The smallest absolute Gasteiger partial charge is 0.0870 e. The first kappa shape index (κ1) is 14.8. The summed E-state index contributed by atoms with van der Waals surface area (Å²) in [6.45, 7) is 3.35. The van der Waals surface area contributed by atoms with Crippen molar-refractivity contribution in [1.82, 2.24) is 14.7 Å². The molecular weight excluding hydrogens is 280 g/mol. The molecule has 0 unspecified atom stereocenters. The van der Waals surface area contributed by atoms with Gasteiger partial charge in [0.25, 0.3) is 0 Å². The first-order chi connectivity index (χ1) is 8.99. The van der Waals surface area contributed by atoms with E-state index in [1.54, 1.807) is 0 Å². The zero-order valence-corrected chi connectivity index (χ0v) is 13.1. The van der Waals surface area contributed by atoms with Crippen molar-refractivity contribution in [2.45, 2.75) is 45.2 Å². The fraction of sp³-hybridized carbons (Fsp3) is 0.692. The van der Waals surface area contributed by atoms with Gasteiger partial charge in [-0.1, -0.05) is 36.7 Å². The second-order valence-corrected chi connectivity index (χ2v) is 6.18. The molecule has 1 aromatic rings. The van der Waals surface area contributed by atoms with Crippen molar-refractivity contribution in [3.63, 3.8) is 0 Å². The number of aromatic nitrogens is 2. The summed E-state index contributed by atoms with van der Waals surface area (Å²) in [5.41, 5.74) is 7.65. The molecule has 1 aliphatic carbocycles. The normalized spacial score (nSPS) is 16.4. The first-order valence-electron chi connectivity index (χ1n) is 6.69. The third-order valence-electron chi connectivity index (χ3n) is 3.81. The van der Waals surface area contributed by atoms with Gasteiger partial charge in [0.2, 0.25) is 0 Å². The third-order valence-corrected chi connectivity index (χ3v) is 4.44. The van der Waals surface area contributed by atoms with Crippen molar-refractivity contribution in [3.8, 4) is 0 Å². The molecular formula is C13H21ClN4S. The van der Waals surface area contributed by atoms with E-state index >= 15 is 0 Å². The molecule has 2 rings (SSSR count). The SMILES string of the molecule is Cc1nn(C)c(CN(CC(N)=S)C2CCCC2)c1Cl. The predicted octanol–water partition coefficient (Wildman–Crippen LogP) is 2.41. The summed E-state index contributed by atoms with van der Waals surface area (Å²) < 4.78 is 1.86. The second kappa shape index (κ2) is 6.20. The maximum atomic E-state index is 6.33. The number of rotatable bonds is 5. The molecule has 0 bridgehead atoms. The van der Waals surface area contributed by atoms with Crippen LogP contribution in [-0.4, -0.2) is 32.3 Å². The number of halogens is 1. The number of aryl methyl sites for hydroxylation is 2. The molecule has 0 amide bonds. The van der Waals surface area contributed by atoms with Crippen LogP contribution in [0.15, 0.2) is 0 Å². The van der Waals surface area contributed by atoms with Crippen LogP contribution in [0.25, 0.3) is 0 Å². The summed E-state index contributed by atoms with van der Waals surface area (Å²) in [7, 11) is 1.93. The van der Waals surface area contributed by atoms with Crippen molar-refractivity contribution in [1.29, 1.82) is 0 Å². The van der Waals surface area contributed by atoms with Crippen LogP contribution in [0.5, 0.6) is 0 Å². The van der Waals surface area contributed by atoms with E-state index < -0.39 is 0 Å². The summed E-state index contributed by atoms with van der Waals surface area (Å²) in [6.07, 6.45) is 5.02. The van der Waals surface area contributed by atoms with Crippen LogP contribution in [0.4, 0.5) is 0 Å². The van der Waals surface area contributed by atoms with E-state index in [1.807, 2.05) is 18.7 Å². The van der Waals surface area contributed by atoms with Crippen LogP contribution < -0.4 is 5.73 Å². The summed E-state index contributed by atoms with van der Waals surface area (Å²) in [4.78, 5) is 2.89. The Hall–Kier alpha value is -0.650. The molecule has 6 heteroatoms. The maximum absolute atomic E-state index is 6.33. The molecule has 1 heterocycles. The average Bonchev–Trinajstić information content (AvgIpc) is 2.92. The third kappa shape index (κ3) is 3.46. The van der Waals surface area contributed by atoms with Gasteiger partial charge in [0.1, 0.15) is 0 Å². The lowest BCUT2D eigenvalue weighted by Crippen LogP contribution is -2.39. The molecule has 4 nitrogen and oxygen atoms in total. The van der Waals surface area contributed by atoms with E-state index in [9.17, 15) is 0 Å². The second-order valence-electron chi connectivity index (χ2n) is 5.28. The van der Waals surface area contributed by atoms with Crippen LogP contribution in [0.3, 0.4) is 0 Å². The molecule has 0 saturated heterocycles. The van der Waals surface area contributed by atoms with Crippen LogP contribution in [-0.2, 0) is 13.6 Å². The van der Waals surface area contributed by atoms with Gasteiger partial charge in [0, 0.05) is 26.2 Å². The van der Waals surface area contributed by atoms with E-state index in [0.717, 1.165) is 23.0 Å². The molecule has 0 spiro atoms. The largest absolute Gasteiger partial charge is 0.392 e. The number of thiocarbonyl (C=S) groups is 1. The van der Waals surface area contributed by atoms with Gasteiger partial charge in [0.05, 0.1) is 21.4 Å². The minimum Gasteiger partial charge on any atom is -0.392 e. The Morgan fingerprint density at radius 1 is 1.53 bits per heavy atom. The topological polar surface area (TPSA) is 47.1 Å². The molecule has 2 N–H and O–H groups in total. The van der Waals surface area contributed by atoms with E-state index in [1.165, 1.54) is 25.7 Å². The fourth-order valence-electron chi connectivity index (χ4n) is 2.83. The van der Waals surface area contributed by atoms with Gasteiger partial charge in [0.15, 0.2) is 0 Å². The standard InChI is InChI=1S/C13H21ClN4S/c1-9-13(14)11(17(2)16-9)7-18(8-12(15)19)10-5-3-4-6-10/h10H,3-8H2,1-2H3,(H2,15,19). The van der Waals surface area contributed by atoms with Gasteiger partial charge in [-0.15, -0.1) is 0 Å². The van der Waals surface area contributed by atoms with Crippen LogP contribution in [0.1, 0.15) is 37.1 Å². The van der Waals surface area contributed by atoms with Crippen molar-refractivity contribution in [2.24, 2.45) is 12.8 Å². The summed E-state index contributed by atoms with van der Waals surface area (Å²) >= 11 is 11.4. The van der Waals surface area contributed by atoms with Gasteiger partial charge in [-0.3, -0.25) is 9.58 Å². The predicted molar refractivity (Wildman–Crippen MR) is 82.4 cm³/mol. The van der Waals surface area contributed by atoms with Gasteiger partial charge >= 0.3 is 0 Å². The molecule has 0 aliphatic heterocycles. The van der Waals surface area contributed by atoms with Crippen LogP contribution in [0, 0.1) is 6.92 Å². The molecule has 1 fully saturated rings. The summed E-state index contributed by atoms with van der Waals surface area (Å²) in [5.74, 6) is 0. The van der Waals surface area contributed by atoms with Gasteiger partial charge < -0.3 is 5.73 Å². The molecule has 0 radical (unpaired) electrons. The monoisotopic (exact) mass is 300 g/mol. The highest BCUT2D eigenvalue weighted by Crippen LogP contribution is 2.27. The van der Waals surface area contributed by atoms with Crippen molar-refractivity contribution < 1.29 is 0 Å². The lowest BCUT2D eigenvalue weighted by molar-refractivity contribution is 0.213. The highest BCUT2D eigenvalue weighted by Gasteiger charge is 2.25. The first-order valence-corrected chi connectivity index (χ1v) is 7.48. The summed E-state index contributed by atoms with van der Waals surface area (Å²) in [5, 5.41) is 5.12. The maximum Gasteiger partial charge on any atom is 0.0870 e. The van der Waals surface area contributed by atoms with E-state index in [4.69, 9.17) is 29.6 Å². The Labute approximate surface area is 124 Å². The molecule has 1 saturated carbocycles. The van der Waals surface area contributed by atoms with Crippen molar-refractivity contribution in [2.75, 3.05) is 6.54 Å². The van der Waals surface area contributed by atoms with Crippen LogP contribution in [0.2, 0.25) is 5.02 Å². The quantitative estimate of drug-likeness (QED) is 0.848. The Morgan fingerprint density at radius 3 is 2.63 bits per heavy atom. The molecule has 0 atom stereocenters. The van der Waals surface area contributed by atoms with Crippen molar-refractivity contribution >= 4 is 28.8 Å². The van der Waals surface area contributed by atoms with Crippen LogP contribution >= 0.6 is 23.8 Å². The zero-order valence-electron chi connectivity index (χ0n) is 11.5. The van der Waals surface area contributed by atoms with E-state index in [0.29, 0.717) is 17.6 Å². The van der Waals surface area contributed by atoms with Crippen molar-refractivity contribution in [3.05, 3.63) is 16.4 Å². The zero-order chi connectivity index (χ0) is 14.0. The Bertz CT molecular complexity index is 465. The fourth-order valence-corrected chi connectivity index (χ4v) is 3.21. The number of hydrogen-bond donors (Lipinski definition) is 1. The molecule has 19 heavy (non-hydrogen) atoms. The summed E-state index contributed by atoms with van der Waals surface area (Å²) in [6, 6.07) is 0.563. The average molecular weight is 301 g/mol. The van der Waals surface area contributed by atoms with Gasteiger partial charge in [-0.25, -0.2) is 0 Å². The molecule has 0 aromatic carbocycles. The lowest BCUT2D eigenvalue weighted by atomic mass is 10.2. The highest BCUT2D eigenvalue weighted by molar-refractivity contribution is 7.80. The number of hydrogen-bond acceptors (Lipinski definition) is 3. The number of nitrogens with zero attached hydrogens (tertiary/aromatic N) is 3. The molecule has 1 aliphatic rings. The molecule has 1 aromatic heterocycles. The number of nitrogens with two attached hydrogens (primary N) is 1. The van der Waals surface area contributed by atoms with Gasteiger partial charge in [-0.05, 0) is 19.8 Å². The Kier molecular flexibility index (Phi) is 4.81. The Balaban J connectivity index is 2.16. The van der Waals surface area contributed by atoms with E-state index in [-0.39, 0.29) is 0 Å². The Morgan fingerprint density at radius 2 is 2.16 bits per heavy atom. The van der Waals surface area contributed by atoms with E-state index in [2.05, 4.69) is 10.00 Å².